The van der Waals surface area contributed by atoms with Crippen molar-refractivity contribution in [1.82, 2.24) is 0 Å². The molecular formula is C62H47N. The van der Waals surface area contributed by atoms with Gasteiger partial charge < -0.3 is 4.90 Å². The highest BCUT2D eigenvalue weighted by Crippen LogP contribution is 2.59. The van der Waals surface area contributed by atoms with Crippen LogP contribution in [0.5, 0.6) is 0 Å². The fourth-order valence-corrected chi connectivity index (χ4v) is 11.0. The van der Waals surface area contributed by atoms with Crippen LogP contribution in [0, 0.1) is 0 Å². The first-order chi connectivity index (χ1) is 30.8. The molecule has 2 aliphatic rings. The third-order valence-corrected chi connectivity index (χ3v) is 14.3. The molecule has 300 valence electrons. The number of benzene rings is 10. The number of hydrogen-bond acceptors (Lipinski definition) is 1. The van der Waals surface area contributed by atoms with Crippen molar-refractivity contribution in [3.05, 3.63) is 235 Å². The van der Waals surface area contributed by atoms with Crippen LogP contribution in [-0.2, 0) is 10.8 Å². The minimum absolute atomic E-state index is 0.103. The van der Waals surface area contributed by atoms with Crippen molar-refractivity contribution in [2.24, 2.45) is 0 Å². The van der Waals surface area contributed by atoms with Crippen molar-refractivity contribution in [2.75, 3.05) is 4.90 Å². The van der Waals surface area contributed by atoms with E-state index in [1.165, 1.54) is 99.4 Å². The molecule has 0 bridgehead atoms. The maximum Gasteiger partial charge on any atom is 0.0471 e. The fraction of sp³-hybridized carbons (Fsp3) is 0.0968. The van der Waals surface area contributed by atoms with E-state index in [0.717, 1.165) is 17.1 Å². The first kappa shape index (κ1) is 37.3. The number of hydrogen-bond donors (Lipinski definition) is 0. The van der Waals surface area contributed by atoms with Gasteiger partial charge in [0.1, 0.15) is 0 Å². The van der Waals surface area contributed by atoms with Crippen molar-refractivity contribution in [2.45, 2.75) is 38.5 Å². The second kappa shape index (κ2) is 14.0. The largest absolute Gasteiger partial charge is 0.310 e. The standard InChI is InChI=1S/C62H47N/c1-61(2)56-27-13-12-24-52(56)53-38-58-55(39-57(53)61)60-54(51-26-15-21-43-19-9-11-23-50(43)51)36-47(37-59(60)62(58,3)4)63(45-32-28-41(29-33-45)40-16-6-5-7-17-40)46-34-30-44(31-35-46)49-25-14-20-42-18-8-10-22-48(42)49/h5-39H,1-4H3. The Morgan fingerprint density at radius 2 is 0.778 bits per heavy atom. The molecule has 0 saturated carbocycles. The van der Waals surface area contributed by atoms with Crippen molar-refractivity contribution in [3.8, 4) is 55.6 Å². The fourth-order valence-electron chi connectivity index (χ4n) is 11.0. The molecule has 0 heterocycles. The summed E-state index contributed by atoms with van der Waals surface area (Å²) in [4.78, 5) is 2.47. The zero-order valence-corrected chi connectivity index (χ0v) is 36.2. The average Bonchev–Trinajstić information content (AvgIpc) is 3.70. The number of nitrogens with zero attached hydrogens (tertiary/aromatic N) is 1. The lowest BCUT2D eigenvalue weighted by atomic mass is 9.79. The third kappa shape index (κ3) is 5.76. The van der Waals surface area contributed by atoms with E-state index < -0.39 is 0 Å². The minimum Gasteiger partial charge on any atom is -0.310 e. The summed E-state index contributed by atoms with van der Waals surface area (Å²) < 4.78 is 0. The summed E-state index contributed by atoms with van der Waals surface area (Å²) in [5, 5.41) is 5.02. The number of rotatable bonds is 6. The van der Waals surface area contributed by atoms with Crippen molar-refractivity contribution < 1.29 is 0 Å². The summed E-state index contributed by atoms with van der Waals surface area (Å²) in [6.07, 6.45) is 0. The summed E-state index contributed by atoms with van der Waals surface area (Å²) in [7, 11) is 0. The molecule has 0 amide bonds. The van der Waals surface area contributed by atoms with Gasteiger partial charge >= 0.3 is 0 Å². The predicted molar refractivity (Wildman–Crippen MR) is 268 cm³/mol. The first-order valence-electron chi connectivity index (χ1n) is 22.3. The zero-order chi connectivity index (χ0) is 42.5. The van der Waals surface area contributed by atoms with Crippen LogP contribution in [0.3, 0.4) is 0 Å². The average molecular weight is 806 g/mol. The van der Waals surface area contributed by atoms with Gasteiger partial charge in [0, 0.05) is 27.9 Å². The normalized spacial score (nSPS) is 14.0. The Balaban J connectivity index is 1.10. The monoisotopic (exact) mass is 805 g/mol. The molecule has 1 heteroatoms. The second-order valence-electron chi connectivity index (χ2n) is 18.5. The minimum atomic E-state index is -0.266. The molecule has 1 nitrogen and oxygen atoms in total. The lowest BCUT2D eigenvalue weighted by Crippen LogP contribution is -2.17. The van der Waals surface area contributed by atoms with E-state index in [2.05, 4.69) is 245 Å². The molecule has 0 aliphatic heterocycles. The molecule has 0 spiro atoms. The maximum absolute atomic E-state index is 2.55. The Kier molecular flexibility index (Phi) is 8.30. The second-order valence-corrected chi connectivity index (χ2v) is 18.5. The van der Waals surface area contributed by atoms with Gasteiger partial charge in [-0.25, -0.2) is 0 Å². The van der Waals surface area contributed by atoms with E-state index in [4.69, 9.17) is 0 Å². The van der Waals surface area contributed by atoms with Crippen LogP contribution in [0.25, 0.3) is 77.2 Å². The molecule has 0 saturated heterocycles. The highest BCUT2D eigenvalue weighted by atomic mass is 15.1. The molecule has 0 aromatic heterocycles. The van der Waals surface area contributed by atoms with Gasteiger partial charge in [-0.2, -0.15) is 0 Å². The summed E-state index contributed by atoms with van der Waals surface area (Å²) in [5.41, 5.74) is 21.3. The van der Waals surface area contributed by atoms with Gasteiger partial charge in [-0.05, 0) is 148 Å². The molecular weight excluding hydrogens is 759 g/mol. The van der Waals surface area contributed by atoms with Gasteiger partial charge in [0.25, 0.3) is 0 Å². The molecule has 0 atom stereocenters. The lowest BCUT2D eigenvalue weighted by molar-refractivity contribution is 0.652. The smallest absolute Gasteiger partial charge is 0.0471 e. The van der Waals surface area contributed by atoms with Crippen LogP contribution in [0.2, 0.25) is 0 Å². The molecule has 0 fully saturated rings. The van der Waals surface area contributed by atoms with E-state index in [0.29, 0.717) is 0 Å². The van der Waals surface area contributed by atoms with Gasteiger partial charge in [0.05, 0.1) is 0 Å². The molecule has 63 heavy (non-hydrogen) atoms. The Labute approximate surface area is 370 Å². The molecule has 0 unspecified atom stereocenters. The number of anilines is 3. The number of fused-ring (bicyclic) bond motifs is 8. The van der Waals surface area contributed by atoms with Crippen LogP contribution in [-0.4, -0.2) is 0 Å². The quantitative estimate of drug-likeness (QED) is 0.162. The molecule has 0 N–H and O–H groups in total. The van der Waals surface area contributed by atoms with Gasteiger partial charge in [-0.1, -0.05) is 191 Å². The molecule has 12 rings (SSSR count). The zero-order valence-electron chi connectivity index (χ0n) is 36.2. The van der Waals surface area contributed by atoms with E-state index in [1.807, 2.05) is 0 Å². The molecule has 0 radical (unpaired) electrons. The van der Waals surface area contributed by atoms with Gasteiger partial charge in [0.2, 0.25) is 0 Å². The van der Waals surface area contributed by atoms with Crippen LogP contribution < -0.4 is 4.90 Å². The maximum atomic E-state index is 2.55. The van der Waals surface area contributed by atoms with Gasteiger partial charge in [-0.3, -0.25) is 0 Å². The van der Waals surface area contributed by atoms with Crippen LogP contribution in [0.15, 0.2) is 212 Å². The molecule has 2 aliphatic carbocycles. The topological polar surface area (TPSA) is 3.24 Å². The van der Waals surface area contributed by atoms with Crippen molar-refractivity contribution in [1.29, 1.82) is 0 Å². The summed E-state index contributed by atoms with van der Waals surface area (Å²) in [6.45, 7) is 9.66. The summed E-state index contributed by atoms with van der Waals surface area (Å²) in [6, 6.07) is 79.0. The van der Waals surface area contributed by atoms with Gasteiger partial charge in [-0.15, -0.1) is 0 Å². The summed E-state index contributed by atoms with van der Waals surface area (Å²) >= 11 is 0. The Morgan fingerprint density at radius 1 is 0.286 bits per heavy atom. The Morgan fingerprint density at radius 3 is 1.48 bits per heavy atom. The van der Waals surface area contributed by atoms with Gasteiger partial charge in [0.15, 0.2) is 0 Å². The van der Waals surface area contributed by atoms with E-state index in [1.54, 1.807) is 0 Å². The summed E-state index contributed by atoms with van der Waals surface area (Å²) in [5.74, 6) is 0. The van der Waals surface area contributed by atoms with Crippen LogP contribution in [0.1, 0.15) is 49.9 Å². The Bertz CT molecular complexity index is 3410. The highest BCUT2D eigenvalue weighted by molar-refractivity contribution is 6.05. The van der Waals surface area contributed by atoms with E-state index in [-0.39, 0.29) is 10.8 Å². The van der Waals surface area contributed by atoms with E-state index in [9.17, 15) is 0 Å². The molecule has 10 aromatic rings. The third-order valence-electron chi connectivity index (χ3n) is 14.3. The predicted octanol–water partition coefficient (Wildman–Crippen LogP) is 17.1. The van der Waals surface area contributed by atoms with Crippen molar-refractivity contribution in [3.63, 3.8) is 0 Å². The first-order valence-corrected chi connectivity index (χ1v) is 22.3. The van der Waals surface area contributed by atoms with Crippen LogP contribution in [0.4, 0.5) is 17.1 Å². The SMILES string of the molecule is CC1(C)c2ccccc2-c2cc3c(cc21)-c1c(-c2cccc4ccccc24)cc(N(c2ccc(-c4ccccc4)cc2)c2ccc(-c4cccc5ccccc45)cc2)cc1C3(C)C. The highest BCUT2D eigenvalue weighted by Gasteiger charge is 2.43. The van der Waals surface area contributed by atoms with E-state index >= 15 is 0 Å². The van der Waals surface area contributed by atoms with Crippen LogP contribution >= 0.6 is 0 Å². The molecule has 10 aromatic carbocycles. The van der Waals surface area contributed by atoms with Crippen molar-refractivity contribution >= 4 is 38.6 Å². The Hall–Kier alpha value is -7.48. The lowest BCUT2D eigenvalue weighted by Gasteiger charge is -2.29.